The molecule has 1 heterocycles. The topological polar surface area (TPSA) is 50.9 Å². The van der Waals surface area contributed by atoms with E-state index in [0.29, 0.717) is 18.3 Å². The maximum Gasteiger partial charge on any atom is 0.138 e. The van der Waals surface area contributed by atoms with Gasteiger partial charge in [0.2, 0.25) is 0 Å². The predicted molar refractivity (Wildman–Crippen MR) is 84.0 cm³/mol. The number of nitrogens with zero attached hydrogens (tertiary/aromatic N) is 3. The first kappa shape index (κ1) is 15.7. The van der Waals surface area contributed by atoms with Crippen molar-refractivity contribution in [3.05, 3.63) is 48.0 Å². The van der Waals surface area contributed by atoms with Crippen LogP contribution in [0.25, 0.3) is 0 Å². The average Bonchev–Trinajstić information content (AvgIpc) is 2.86. The van der Waals surface area contributed by atoms with Crippen molar-refractivity contribution in [2.24, 2.45) is 5.92 Å². The normalized spacial score (nSPS) is 14.3. The van der Waals surface area contributed by atoms with Gasteiger partial charge in [0.25, 0.3) is 0 Å². The van der Waals surface area contributed by atoms with Crippen molar-refractivity contribution in [3.8, 4) is 0 Å². The molecule has 0 amide bonds. The Morgan fingerprint density at radius 1 is 1.14 bits per heavy atom. The van der Waals surface area contributed by atoms with E-state index in [1.54, 1.807) is 6.33 Å². The summed E-state index contributed by atoms with van der Waals surface area (Å²) in [5.41, 5.74) is 1.26. The van der Waals surface area contributed by atoms with Crippen LogP contribution in [0.2, 0.25) is 0 Å². The van der Waals surface area contributed by atoms with Gasteiger partial charge >= 0.3 is 0 Å². The van der Waals surface area contributed by atoms with Gasteiger partial charge in [-0.15, -0.1) is 0 Å². The van der Waals surface area contributed by atoms with Crippen LogP contribution in [0.15, 0.2) is 36.7 Å². The summed E-state index contributed by atoms with van der Waals surface area (Å²) in [5, 5.41) is 14.6. The smallest absolute Gasteiger partial charge is 0.138 e. The summed E-state index contributed by atoms with van der Waals surface area (Å²) in [5.74, 6) is 1.73. The number of aliphatic hydroxyl groups is 1. The second-order valence-corrected chi connectivity index (χ2v) is 6.16. The van der Waals surface area contributed by atoms with Gasteiger partial charge in [-0.05, 0) is 23.8 Å². The van der Waals surface area contributed by atoms with Gasteiger partial charge in [-0.25, -0.2) is 9.67 Å². The van der Waals surface area contributed by atoms with Crippen molar-refractivity contribution >= 4 is 0 Å². The Kier molecular flexibility index (Phi) is 5.51. The molecule has 0 aliphatic rings. The van der Waals surface area contributed by atoms with E-state index < -0.39 is 6.10 Å². The van der Waals surface area contributed by atoms with Gasteiger partial charge in [0, 0.05) is 13.0 Å². The van der Waals surface area contributed by atoms with Gasteiger partial charge in [0.15, 0.2) is 0 Å². The third kappa shape index (κ3) is 4.67. The standard InChI is InChI=1S/C17H25N3O/c1-13(2)11-20-17(18-12-19-20)10-16(21)9-14(3)15-7-5-4-6-8-15/h4-8,12-14,16,21H,9-11H2,1-3H3. The number of benzene rings is 1. The van der Waals surface area contributed by atoms with Gasteiger partial charge < -0.3 is 5.11 Å². The highest BCUT2D eigenvalue weighted by Crippen LogP contribution is 2.21. The minimum absolute atomic E-state index is 0.336. The molecule has 4 heteroatoms. The van der Waals surface area contributed by atoms with Crippen LogP contribution in [0.5, 0.6) is 0 Å². The fourth-order valence-corrected chi connectivity index (χ4v) is 2.56. The Bertz CT molecular complexity index is 536. The molecular weight excluding hydrogens is 262 g/mol. The van der Waals surface area contributed by atoms with Gasteiger partial charge in [-0.3, -0.25) is 0 Å². The Morgan fingerprint density at radius 2 is 1.86 bits per heavy atom. The lowest BCUT2D eigenvalue weighted by atomic mass is 9.94. The van der Waals surface area contributed by atoms with E-state index in [1.165, 1.54) is 5.56 Å². The Balaban J connectivity index is 1.93. The largest absolute Gasteiger partial charge is 0.393 e. The molecule has 1 aromatic heterocycles. The third-order valence-electron chi connectivity index (χ3n) is 3.65. The monoisotopic (exact) mass is 287 g/mol. The molecule has 2 aromatic rings. The summed E-state index contributed by atoms with van der Waals surface area (Å²) < 4.78 is 1.90. The molecule has 21 heavy (non-hydrogen) atoms. The van der Waals surface area contributed by atoms with E-state index in [9.17, 15) is 5.11 Å². The molecule has 2 unspecified atom stereocenters. The molecule has 0 saturated heterocycles. The van der Waals surface area contributed by atoms with Crippen LogP contribution in [-0.2, 0) is 13.0 Å². The summed E-state index contributed by atoms with van der Waals surface area (Å²) in [6.07, 6.45) is 2.48. The number of aromatic nitrogens is 3. The van der Waals surface area contributed by atoms with Crippen molar-refractivity contribution in [1.29, 1.82) is 0 Å². The Hall–Kier alpha value is -1.68. The van der Waals surface area contributed by atoms with E-state index in [-0.39, 0.29) is 0 Å². The van der Waals surface area contributed by atoms with Crippen LogP contribution < -0.4 is 0 Å². The zero-order chi connectivity index (χ0) is 15.2. The number of rotatable bonds is 7. The fourth-order valence-electron chi connectivity index (χ4n) is 2.56. The molecule has 1 N–H and O–H groups in total. The SMILES string of the molecule is CC(C)Cn1ncnc1CC(O)CC(C)c1ccccc1. The van der Waals surface area contributed by atoms with Crippen molar-refractivity contribution in [1.82, 2.24) is 14.8 Å². The Labute approximate surface area is 126 Å². The maximum atomic E-state index is 10.3. The molecule has 2 atom stereocenters. The highest BCUT2D eigenvalue weighted by molar-refractivity contribution is 5.18. The molecule has 1 aromatic carbocycles. The van der Waals surface area contributed by atoms with Crippen LogP contribution >= 0.6 is 0 Å². The third-order valence-corrected chi connectivity index (χ3v) is 3.65. The van der Waals surface area contributed by atoms with E-state index in [1.807, 2.05) is 22.9 Å². The van der Waals surface area contributed by atoms with Gasteiger partial charge in [0.1, 0.15) is 12.2 Å². The Morgan fingerprint density at radius 3 is 2.52 bits per heavy atom. The minimum atomic E-state index is -0.393. The van der Waals surface area contributed by atoms with Gasteiger partial charge in [-0.1, -0.05) is 51.1 Å². The molecule has 2 rings (SSSR count). The lowest BCUT2D eigenvalue weighted by Crippen LogP contribution is -2.19. The zero-order valence-corrected chi connectivity index (χ0v) is 13.1. The molecule has 0 fully saturated rings. The van der Waals surface area contributed by atoms with Crippen LogP contribution in [0.4, 0.5) is 0 Å². The first-order valence-corrected chi connectivity index (χ1v) is 7.66. The van der Waals surface area contributed by atoms with E-state index in [2.05, 4.69) is 43.0 Å². The van der Waals surface area contributed by atoms with Crippen LogP contribution in [0.1, 0.15) is 44.5 Å². The fraction of sp³-hybridized carbons (Fsp3) is 0.529. The summed E-state index contributed by atoms with van der Waals surface area (Å²) in [6, 6.07) is 10.3. The quantitative estimate of drug-likeness (QED) is 0.851. The molecule has 114 valence electrons. The lowest BCUT2D eigenvalue weighted by Gasteiger charge is -2.17. The average molecular weight is 287 g/mol. The molecule has 0 aliphatic heterocycles. The van der Waals surface area contributed by atoms with Crippen molar-refractivity contribution in [2.45, 2.75) is 52.2 Å². The van der Waals surface area contributed by atoms with E-state index in [0.717, 1.165) is 18.8 Å². The van der Waals surface area contributed by atoms with Crippen molar-refractivity contribution in [2.75, 3.05) is 0 Å². The van der Waals surface area contributed by atoms with Gasteiger partial charge in [0.05, 0.1) is 6.10 Å². The lowest BCUT2D eigenvalue weighted by molar-refractivity contribution is 0.153. The first-order chi connectivity index (χ1) is 10.1. The minimum Gasteiger partial charge on any atom is -0.393 e. The number of hydrogen-bond acceptors (Lipinski definition) is 3. The highest BCUT2D eigenvalue weighted by atomic mass is 16.3. The number of hydrogen-bond donors (Lipinski definition) is 1. The number of aliphatic hydroxyl groups excluding tert-OH is 1. The van der Waals surface area contributed by atoms with Crippen LogP contribution in [0.3, 0.4) is 0 Å². The molecule has 4 nitrogen and oxygen atoms in total. The summed E-state index contributed by atoms with van der Waals surface area (Å²) in [7, 11) is 0. The molecule has 0 radical (unpaired) electrons. The molecule has 0 bridgehead atoms. The van der Waals surface area contributed by atoms with E-state index in [4.69, 9.17) is 0 Å². The summed E-state index contributed by atoms with van der Waals surface area (Å²) in [6.45, 7) is 7.30. The van der Waals surface area contributed by atoms with Gasteiger partial charge in [-0.2, -0.15) is 5.10 Å². The predicted octanol–water partition coefficient (Wildman–Crippen LogP) is 3.03. The molecule has 0 saturated carbocycles. The second-order valence-electron chi connectivity index (χ2n) is 6.16. The summed E-state index contributed by atoms with van der Waals surface area (Å²) in [4.78, 5) is 4.28. The second kappa shape index (κ2) is 7.36. The van der Waals surface area contributed by atoms with E-state index >= 15 is 0 Å². The molecule has 0 spiro atoms. The van der Waals surface area contributed by atoms with Crippen molar-refractivity contribution < 1.29 is 5.11 Å². The zero-order valence-electron chi connectivity index (χ0n) is 13.1. The van der Waals surface area contributed by atoms with Crippen LogP contribution in [-0.4, -0.2) is 26.0 Å². The molecule has 0 aliphatic carbocycles. The highest BCUT2D eigenvalue weighted by Gasteiger charge is 2.16. The van der Waals surface area contributed by atoms with Crippen molar-refractivity contribution in [3.63, 3.8) is 0 Å². The summed E-state index contributed by atoms with van der Waals surface area (Å²) >= 11 is 0. The first-order valence-electron chi connectivity index (χ1n) is 7.66. The molecular formula is C17H25N3O. The maximum absolute atomic E-state index is 10.3. The van der Waals surface area contributed by atoms with Crippen LogP contribution in [0, 0.1) is 5.92 Å².